The maximum atomic E-state index is 10.8. The molecule has 0 aromatic heterocycles. The summed E-state index contributed by atoms with van der Waals surface area (Å²) in [6.07, 6.45) is -0.595. The smallest absolute Gasteiger partial charge is 0.139 e. The van der Waals surface area contributed by atoms with E-state index in [1.807, 2.05) is 0 Å². The molecule has 0 saturated heterocycles. The summed E-state index contributed by atoms with van der Waals surface area (Å²) >= 11 is 9.77. The van der Waals surface area contributed by atoms with Gasteiger partial charge in [0.05, 0.1) is 10.4 Å². The van der Waals surface area contributed by atoms with Gasteiger partial charge in [-0.3, -0.25) is 0 Å². The lowest BCUT2D eigenvalue weighted by Crippen LogP contribution is -2.39. The van der Waals surface area contributed by atoms with Gasteiger partial charge in [-0.1, -0.05) is 31.9 Å². The minimum atomic E-state index is -1.21. The van der Waals surface area contributed by atoms with E-state index in [2.05, 4.69) is 47.8 Å². The summed E-state index contributed by atoms with van der Waals surface area (Å²) in [5.41, 5.74) is 0. The molecule has 6 heteroatoms. The molecule has 0 aliphatic heterocycles. The van der Waals surface area contributed by atoms with Crippen molar-refractivity contribution in [2.45, 2.75) is 12.5 Å². The Morgan fingerprint density at radius 1 is 1.44 bits per heavy atom. The molecule has 3 nitrogen and oxygen atoms in total. The lowest BCUT2D eigenvalue weighted by molar-refractivity contribution is -0.313. The molecule has 16 heavy (non-hydrogen) atoms. The number of rotatable bonds is 5. The standard InChI is InChI=1S/C10H9Br3O3/c11-4-3-9(10(14)15)16-8-2-1-6(12)5-7(8)13/h1-2,5,9H,3-4H2,(H,14,15)/p-1. The van der Waals surface area contributed by atoms with E-state index in [-0.39, 0.29) is 0 Å². The molecule has 0 N–H and O–H groups in total. The SMILES string of the molecule is O=C([O-])C(CCBr)Oc1ccc(Br)cc1Br. The monoisotopic (exact) mass is 413 g/mol. The van der Waals surface area contributed by atoms with Crippen molar-refractivity contribution < 1.29 is 14.6 Å². The molecular formula is C10H8Br3O3-. The highest BCUT2D eigenvalue weighted by Crippen LogP contribution is 2.29. The fourth-order valence-electron chi connectivity index (χ4n) is 1.05. The quantitative estimate of drug-likeness (QED) is 0.694. The Kier molecular flexibility index (Phi) is 5.78. The van der Waals surface area contributed by atoms with Crippen molar-refractivity contribution in [1.82, 2.24) is 0 Å². The lowest BCUT2D eigenvalue weighted by atomic mass is 10.2. The normalized spacial score (nSPS) is 12.2. The van der Waals surface area contributed by atoms with Gasteiger partial charge >= 0.3 is 0 Å². The maximum Gasteiger partial charge on any atom is 0.139 e. The van der Waals surface area contributed by atoms with Crippen LogP contribution < -0.4 is 9.84 Å². The Bertz CT molecular complexity index is 382. The van der Waals surface area contributed by atoms with Gasteiger partial charge in [0.25, 0.3) is 0 Å². The molecule has 1 aromatic rings. The minimum Gasteiger partial charge on any atom is -0.546 e. The summed E-state index contributed by atoms with van der Waals surface area (Å²) < 4.78 is 6.93. The van der Waals surface area contributed by atoms with Gasteiger partial charge in [0.15, 0.2) is 0 Å². The van der Waals surface area contributed by atoms with Crippen molar-refractivity contribution >= 4 is 53.8 Å². The fraction of sp³-hybridized carbons (Fsp3) is 0.300. The fourth-order valence-corrected chi connectivity index (χ4v) is 2.60. The molecule has 0 amide bonds. The third-order valence-corrected chi connectivity index (χ3v) is 3.37. The van der Waals surface area contributed by atoms with Gasteiger partial charge in [-0.2, -0.15) is 0 Å². The number of carboxylic acid groups (broad SMARTS) is 1. The molecule has 0 spiro atoms. The number of carboxylic acids is 1. The summed E-state index contributed by atoms with van der Waals surface area (Å²) in [7, 11) is 0. The Balaban J connectivity index is 2.81. The van der Waals surface area contributed by atoms with E-state index in [0.717, 1.165) is 4.47 Å². The first kappa shape index (κ1) is 14.0. The average Bonchev–Trinajstić information content (AvgIpc) is 2.20. The largest absolute Gasteiger partial charge is 0.546 e. The van der Waals surface area contributed by atoms with Crippen LogP contribution in [0.1, 0.15) is 6.42 Å². The topological polar surface area (TPSA) is 49.4 Å². The predicted molar refractivity (Wildman–Crippen MR) is 69.7 cm³/mol. The number of benzene rings is 1. The Hall–Kier alpha value is -0.0700. The van der Waals surface area contributed by atoms with E-state index < -0.39 is 12.1 Å². The molecule has 0 saturated carbocycles. The second-order valence-electron chi connectivity index (χ2n) is 2.98. The number of carbonyl (C=O) groups excluding carboxylic acids is 1. The van der Waals surface area contributed by atoms with Gasteiger partial charge in [-0.05, 0) is 40.5 Å². The van der Waals surface area contributed by atoms with Gasteiger partial charge < -0.3 is 14.6 Å². The molecule has 0 aliphatic rings. The Labute approximate surface area is 119 Å². The second kappa shape index (κ2) is 6.61. The van der Waals surface area contributed by atoms with Gasteiger partial charge in [-0.25, -0.2) is 0 Å². The highest BCUT2D eigenvalue weighted by molar-refractivity contribution is 9.11. The van der Waals surface area contributed by atoms with E-state index in [1.54, 1.807) is 18.2 Å². The number of hydrogen-bond acceptors (Lipinski definition) is 3. The molecule has 1 aromatic carbocycles. The van der Waals surface area contributed by atoms with Gasteiger partial charge in [-0.15, -0.1) is 0 Å². The van der Waals surface area contributed by atoms with E-state index in [9.17, 15) is 9.90 Å². The molecule has 0 heterocycles. The summed E-state index contributed by atoms with van der Waals surface area (Å²) in [6.45, 7) is 0. The first-order chi connectivity index (χ1) is 7.54. The molecule has 0 bridgehead atoms. The van der Waals surface area contributed by atoms with Crippen molar-refractivity contribution in [3.05, 3.63) is 27.1 Å². The summed E-state index contributed by atoms with van der Waals surface area (Å²) in [4.78, 5) is 10.8. The van der Waals surface area contributed by atoms with Gasteiger partial charge in [0, 0.05) is 9.80 Å². The lowest BCUT2D eigenvalue weighted by Gasteiger charge is -2.19. The van der Waals surface area contributed by atoms with Crippen LogP contribution in [-0.2, 0) is 4.79 Å². The molecule has 1 rings (SSSR count). The molecule has 1 unspecified atom stereocenters. The average molecular weight is 416 g/mol. The van der Waals surface area contributed by atoms with Crippen molar-refractivity contribution in [3.8, 4) is 5.75 Å². The van der Waals surface area contributed by atoms with Crippen molar-refractivity contribution in [2.24, 2.45) is 0 Å². The zero-order valence-corrected chi connectivity index (χ0v) is 12.8. The number of aliphatic carboxylic acids is 1. The number of carbonyl (C=O) groups is 1. The van der Waals surface area contributed by atoms with Crippen LogP contribution in [0.4, 0.5) is 0 Å². The Morgan fingerprint density at radius 3 is 2.62 bits per heavy atom. The van der Waals surface area contributed by atoms with Crippen LogP contribution in [0.25, 0.3) is 0 Å². The van der Waals surface area contributed by atoms with Crippen LogP contribution in [0.2, 0.25) is 0 Å². The molecule has 0 aliphatic carbocycles. The summed E-state index contributed by atoms with van der Waals surface area (Å²) in [5.74, 6) is -0.729. The minimum absolute atomic E-state index is 0.352. The molecular weight excluding hydrogens is 408 g/mol. The first-order valence-corrected chi connectivity index (χ1v) is 7.14. The number of alkyl halides is 1. The highest BCUT2D eigenvalue weighted by Gasteiger charge is 2.13. The first-order valence-electron chi connectivity index (χ1n) is 4.43. The van der Waals surface area contributed by atoms with Crippen LogP contribution in [0.3, 0.4) is 0 Å². The molecule has 0 fully saturated rings. The van der Waals surface area contributed by atoms with Crippen LogP contribution >= 0.6 is 47.8 Å². The zero-order chi connectivity index (χ0) is 12.1. The van der Waals surface area contributed by atoms with E-state index in [1.165, 1.54) is 0 Å². The van der Waals surface area contributed by atoms with Crippen LogP contribution in [0.15, 0.2) is 27.1 Å². The number of ether oxygens (including phenoxy) is 1. The summed E-state index contributed by atoms with van der Waals surface area (Å²) in [6, 6.07) is 5.26. The summed E-state index contributed by atoms with van der Waals surface area (Å²) in [5, 5.41) is 11.3. The third kappa shape index (κ3) is 4.07. The third-order valence-electron chi connectivity index (χ3n) is 1.80. The van der Waals surface area contributed by atoms with Crippen LogP contribution in [-0.4, -0.2) is 17.4 Å². The zero-order valence-electron chi connectivity index (χ0n) is 8.08. The van der Waals surface area contributed by atoms with E-state index >= 15 is 0 Å². The maximum absolute atomic E-state index is 10.8. The number of halogens is 3. The second-order valence-corrected chi connectivity index (χ2v) is 5.54. The van der Waals surface area contributed by atoms with Gasteiger partial charge in [0.2, 0.25) is 0 Å². The molecule has 1 atom stereocenters. The van der Waals surface area contributed by atoms with Crippen LogP contribution in [0, 0.1) is 0 Å². The predicted octanol–water partition coefficient (Wildman–Crippen LogP) is 2.49. The number of hydrogen-bond donors (Lipinski definition) is 0. The van der Waals surface area contributed by atoms with Crippen molar-refractivity contribution in [3.63, 3.8) is 0 Å². The van der Waals surface area contributed by atoms with Crippen molar-refractivity contribution in [2.75, 3.05) is 5.33 Å². The Morgan fingerprint density at radius 2 is 2.12 bits per heavy atom. The van der Waals surface area contributed by atoms with Gasteiger partial charge in [0.1, 0.15) is 11.9 Å². The van der Waals surface area contributed by atoms with E-state index in [0.29, 0.717) is 22.0 Å². The van der Waals surface area contributed by atoms with Crippen molar-refractivity contribution in [1.29, 1.82) is 0 Å². The molecule has 0 radical (unpaired) electrons. The highest BCUT2D eigenvalue weighted by atomic mass is 79.9. The van der Waals surface area contributed by atoms with E-state index in [4.69, 9.17) is 4.74 Å². The molecule has 88 valence electrons. The van der Waals surface area contributed by atoms with Crippen LogP contribution in [0.5, 0.6) is 5.75 Å².